The van der Waals surface area contributed by atoms with Gasteiger partial charge in [-0.3, -0.25) is 19.3 Å². The number of amides is 4. The van der Waals surface area contributed by atoms with Gasteiger partial charge in [0, 0.05) is 19.0 Å². The van der Waals surface area contributed by atoms with E-state index in [0.717, 1.165) is 40.9 Å². The lowest BCUT2D eigenvalue weighted by Crippen LogP contribution is -2.51. The maximum absolute atomic E-state index is 13.9. The minimum absolute atomic E-state index is 0.166. The van der Waals surface area contributed by atoms with Gasteiger partial charge in [0.1, 0.15) is 24.2 Å². The van der Waals surface area contributed by atoms with Crippen molar-refractivity contribution in [1.82, 2.24) is 15.1 Å². The number of rotatable bonds is 5. The van der Waals surface area contributed by atoms with Crippen LogP contribution in [0.1, 0.15) is 79.6 Å². The first-order chi connectivity index (χ1) is 19.4. The molecule has 1 saturated heterocycles. The molecule has 2 aromatic rings. The average Bonchev–Trinajstić information content (AvgIpc) is 3.17. The molecule has 2 aliphatic heterocycles. The summed E-state index contributed by atoms with van der Waals surface area (Å²) in [5, 5.41) is 2.73. The molecule has 0 bridgehead atoms. The number of primary amides is 1. The molecular weight excluding hydrogens is 524 g/mol. The summed E-state index contributed by atoms with van der Waals surface area (Å²) in [7, 11) is 1.45. The molecule has 5 rings (SSSR count). The molecule has 10 nitrogen and oxygen atoms in total. The Morgan fingerprint density at radius 1 is 1.07 bits per heavy atom. The predicted octanol–water partition coefficient (Wildman–Crippen LogP) is 3.10. The van der Waals surface area contributed by atoms with Crippen LogP contribution < -0.4 is 11.1 Å². The highest BCUT2D eigenvalue weighted by Crippen LogP contribution is 2.48. The van der Waals surface area contributed by atoms with Gasteiger partial charge in [0.05, 0.1) is 6.61 Å². The third-order valence-electron chi connectivity index (χ3n) is 7.96. The Kier molecular flexibility index (Phi) is 7.78. The van der Waals surface area contributed by atoms with E-state index in [0.29, 0.717) is 0 Å². The smallest absolute Gasteiger partial charge is 0.410 e. The Morgan fingerprint density at radius 2 is 1.78 bits per heavy atom. The van der Waals surface area contributed by atoms with E-state index in [4.69, 9.17) is 15.2 Å². The molecule has 41 heavy (non-hydrogen) atoms. The van der Waals surface area contributed by atoms with Gasteiger partial charge in [-0.05, 0) is 68.2 Å². The highest BCUT2D eigenvalue weighted by Gasteiger charge is 2.50. The minimum atomic E-state index is -1.02. The summed E-state index contributed by atoms with van der Waals surface area (Å²) in [6.07, 6.45) is 1.47. The fraction of sp³-hybridized carbons (Fsp3) is 0.484. The van der Waals surface area contributed by atoms with Gasteiger partial charge in [-0.2, -0.15) is 0 Å². The molecule has 0 aromatic heterocycles. The number of nitrogens with one attached hydrogen (secondary N) is 1. The van der Waals surface area contributed by atoms with E-state index in [2.05, 4.69) is 23.5 Å². The third-order valence-corrected chi connectivity index (χ3v) is 7.96. The van der Waals surface area contributed by atoms with E-state index in [1.807, 2.05) is 24.3 Å². The Bertz CT molecular complexity index is 1370. The average molecular weight is 563 g/mol. The summed E-state index contributed by atoms with van der Waals surface area (Å²) in [5.74, 6) is -1.45. The molecule has 2 heterocycles. The number of carbonyl (C=O) groups is 4. The first-order valence-corrected chi connectivity index (χ1v) is 14.1. The van der Waals surface area contributed by atoms with Crippen LogP contribution in [0.25, 0.3) is 0 Å². The van der Waals surface area contributed by atoms with Crippen molar-refractivity contribution in [2.24, 2.45) is 5.73 Å². The van der Waals surface area contributed by atoms with Crippen molar-refractivity contribution < 1.29 is 28.7 Å². The van der Waals surface area contributed by atoms with Crippen LogP contribution in [0, 0.1) is 0 Å². The van der Waals surface area contributed by atoms with E-state index in [-0.39, 0.29) is 25.5 Å². The van der Waals surface area contributed by atoms with Crippen LogP contribution in [0.3, 0.4) is 0 Å². The van der Waals surface area contributed by atoms with Crippen molar-refractivity contribution in [3.05, 3.63) is 70.3 Å². The predicted molar refractivity (Wildman–Crippen MR) is 151 cm³/mol. The number of aryl methyl sites for hydroxylation is 1. The van der Waals surface area contributed by atoms with Crippen LogP contribution in [0.2, 0.25) is 0 Å². The molecule has 4 atom stereocenters. The van der Waals surface area contributed by atoms with E-state index >= 15 is 0 Å². The molecule has 0 spiro atoms. The van der Waals surface area contributed by atoms with Crippen LogP contribution in [-0.2, 0) is 36.7 Å². The van der Waals surface area contributed by atoms with Crippen molar-refractivity contribution in [1.29, 1.82) is 0 Å². The van der Waals surface area contributed by atoms with E-state index in [1.54, 1.807) is 20.8 Å². The van der Waals surface area contributed by atoms with Crippen molar-refractivity contribution >= 4 is 23.8 Å². The zero-order valence-corrected chi connectivity index (χ0v) is 24.0. The minimum Gasteiger partial charge on any atom is -0.444 e. The van der Waals surface area contributed by atoms with Gasteiger partial charge >= 0.3 is 6.09 Å². The number of nitrogens with two attached hydrogens (primary N) is 1. The molecule has 1 fully saturated rings. The summed E-state index contributed by atoms with van der Waals surface area (Å²) < 4.78 is 11.5. The molecule has 4 amide bonds. The normalized spacial score (nSPS) is 23.5. The van der Waals surface area contributed by atoms with Gasteiger partial charge in [-0.25, -0.2) is 4.79 Å². The van der Waals surface area contributed by atoms with E-state index in [9.17, 15) is 19.2 Å². The molecule has 3 aliphatic rings. The van der Waals surface area contributed by atoms with Gasteiger partial charge in [0.25, 0.3) is 0 Å². The number of hydrogen-bond acceptors (Lipinski definition) is 6. The fourth-order valence-corrected chi connectivity index (χ4v) is 6.16. The number of carbonyl (C=O) groups excluding carboxylic acids is 4. The van der Waals surface area contributed by atoms with Gasteiger partial charge in [0.15, 0.2) is 6.23 Å². The molecule has 2 unspecified atom stereocenters. The van der Waals surface area contributed by atoms with Crippen LogP contribution in [-0.4, -0.2) is 65.5 Å². The second kappa shape index (κ2) is 11.2. The summed E-state index contributed by atoms with van der Waals surface area (Å²) in [6.45, 7) is 5.10. The summed E-state index contributed by atoms with van der Waals surface area (Å²) in [6, 6.07) is 12.3. The zero-order valence-electron chi connectivity index (χ0n) is 24.0. The van der Waals surface area contributed by atoms with Crippen LogP contribution in [0.5, 0.6) is 0 Å². The number of nitrogens with zero attached hydrogens (tertiary/aromatic N) is 2. The fourth-order valence-electron chi connectivity index (χ4n) is 6.16. The Balaban J connectivity index is 1.38. The van der Waals surface area contributed by atoms with Crippen LogP contribution in [0.15, 0.2) is 42.5 Å². The summed E-state index contributed by atoms with van der Waals surface area (Å²) in [5.41, 5.74) is 10.4. The van der Waals surface area contributed by atoms with Crippen LogP contribution >= 0.6 is 0 Å². The topological polar surface area (TPSA) is 131 Å². The third kappa shape index (κ3) is 5.79. The molecule has 218 valence electrons. The second-order valence-corrected chi connectivity index (χ2v) is 12.1. The van der Waals surface area contributed by atoms with Gasteiger partial charge in [0.2, 0.25) is 17.7 Å². The Hall–Kier alpha value is -3.92. The van der Waals surface area contributed by atoms with Crippen molar-refractivity contribution in [2.45, 2.75) is 76.3 Å². The monoisotopic (exact) mass is 562 g/mol. The lowest BCUT2D eigenvalue weighted by atomic mass is 9.77. The van der Waals surface area contributed by atoms with E-state index < -0.39 is 47.7 Å². The molecule has 1 aliphatic carbocycles. The maximum Gasteiger partial charge on any atom is 0.410 e. The highest BCUT2D eigenvalue weighted by molar-refractivity contribution is 5.94. The number of hydrogen-bond donors (Lipinski definition) is 2. The van der Waals surface area contributed by atoms with Crippen molar-refractivity contribution in [3.8, 4) is 0 Å². The van der Waals surface area contributed by atoms with Gasteiger partial charge < -0.3 is 25.4 Å². The van der Waals surface area contributed by atoms with E-state index in [1.165, 1.54) is 23.1 Å². The molecular formula is C31H38N4O6. The number of benzene rings is 2. The standard InChI is InChI=1S/C31H38N4O6/c1-31(2,3)41-30(39)34(4)17-24(36)33-23-14-15-40-29-22-11-7-10-21(25(22)26(27(32)37)35(29)28(23)38)20-13-12-18-8-5-6-9-19(18)16-20/h5-11,20,23,26,29H,12-17H2,1-4H3,(H2,32,37)(H,33,36)/t20?,23-,26?,29-/m0/s1. The molecule has 0 saturated carbocycles. The Labute approximate surface area is 240 Å². The number of fused-ring (bicyclic) bond motifs is 4. The first-order valence-electron chi connectivity index (χ1n) is 14.1. The largest absolute Gasteiger partial charge is 0.444 e. The Morgan fingerprint density at radius 3 is 2.49 bits per heavy atom. The molecule has 10 heteroatoms. The van der Waals surface area contributed by atoms with Gasteiger partial charge in [-0.1, -0.05) is 42.5 Å². The quantitative estimate of drug-likeness (QED) is 0.576. The summed E-state index contributed by atoms with van der Waals surface area (Å²) >= 11 is 0. The van der Waals surface area contributed by atoms with Crippen molar-refractivity contribution in [3.63, 3.8) is 0 Å². The molecule has 2 aromatic carbocycles. The summed E-state index contributed by atoms with van der Waals surface area (Å²) in [4.78, 5) is 54.6. The SMILES string of the molecule is CN(CC(=O)N[C@H]1CCO[C@H]2c3cccc(C4CCc5ccccc5C4)c3C(C(N)=O)N2C1=O)C(=O)OC(C)(C)C. The van der Waals surface area contributed by atoms with Gasteiger partial charge in [-0.15, -0.1) is 0 Å². The number of ether oxygens (including phenoxy) is 2. The zero-order chi connectivity index (χ0) is 29.5. The molecule has 0 radical (unpaired) electrons. The molecule has 3 N–H and O–H groups in total. The lowest BCUT2D eigenvalue weighted by molar-refractivity contribution is -0.152. The number of likely N-dealkylation sites (N-methyl/N-ethyl adjacent to an activating group) is 1. The maximum atomic E-state index is 13.9. The lowest BCUT2D eigenvalue weighted by Gasteiger charge is -2.30. The van der Waals surface area contributed by atoms with Crippen LogP contribution in [0.4, 0.5) is 4.79 Å². The second-order valence-electron chi connectivity index (χ2n) is 12.1. The first kappa shape index (κ1) is 28.6. The van der Waals surface area contributed by atoms with Crippen molar-refractivity contribution in [2.75, 3.05) is 20.2 Å². The highest BCUT2D eigenvalue weighted by atomic mass is 16.6.